The molecule has 0 saturated heterocycles. The van der Waals surface area contributed by atoms with Crippen LogP contribution in [0.25, 0.3) is 0 Å². The van der Waals surface area contributed by atoms with Crippen LogP contribution in [-0.4, -0.2) is 32.3 Å². The summed E-state index contributed by atoms with van der Waals surface area (Å²) in [6.07, 6.45) is 0.208. The molecule has 0 aromatic heterocycles. The van der Waals surface area contributed by atoms with Crippen LogP contribution in [0.5, 0.6) is 5.75 Å². The van der Waals surface area contributed by atoms with E-state index >= 15 is 0 Å². The third-order valence-electron chi connectivity index (χ3n) is 2.98. The standard InChI is InChI=1S/C15H24N2O3/c1-11(2)13(10-19-3)17-12-6-4-5-7-14(12)20-9-8-15(16)18/h4-7,11,13,17H,8-10H2,1-3H3,(H2,16,18). The van der Waals surface area contributed by atoms with Gasteiger partial charge in [0.1, 0.15) is 5.75 Å². The Kier molecular flexibility index (Phi) is 6.87. The van der Waals surface area contributed by atoms with Crippen LogP contribution in [0.15, 0.2) is 24.3 Å². The molecule has 0 aliphatic heterocycles. The van der Waals surface area contributed by atoms with E-state index in [0.717, 1.165) is 11.4 Å². The van der Waals surface area contributed by atoms with Crippen molar-refractivity contribution in [1.29, 1.82) is 0 Å². The lowest BCUT2D eigenvalue weighted by atomic mass is 10.0. The second-order valence-corrected chi connectivity index (χ2v) is 5.01. The third-order valence-corrected chi connectivity index (χ3v) is 2.98. The molecule has 0 spiro atoms. The summed E-state index contributed by atoms with van der Waals surface area (Å²) >= 11 is 0. The Labute approximate surface area is 120 Å². The van der Waals surface area contributed by atoms with E-state index < -0.39 is 0 Å². The maximum Gasteiger partial charge on any atom is 0.220 e. The minimum absolute atomic E-state index is 0.195. The number of nitrogens with two attached hydrogens (primary N) is 1. The van der Waals surface area contributed by atoms with Crippen molar-refractivity contribution >= 4 is 11.6 Å². The first-order chi connectivity index (χ1) is 9.54. The van der Waals surface area contributed by atoms with Crippen molar-refractivity contribution in [2.75, 3.05) is 25.6 Å². The van der Waals surface area contributed by atoms with Crippen molar-refractivity contribution < 1.29 is 14.3 Å². The summed E-state index contributed by atoms with van der Waals surface area (Å²) in [6, 6.07) is 7.85. The highest BCUT2D eigenvalue weighted by molar-refractivity contribution is 5.73. The van der Waals surface area contributed by atoms with E-state index in [-0.39, 0.29) is 25.0 Å². The molecule has 0 bridgehead atoms. The van der Waals surface area contributed by atoms with Gasteiger partial charge in [0.2, 0.25) is 5.91 Å². The summed E-state index contributed by atoms with van der Waals surface area (Å²) in [6.45, 7) is 5.17. The van der Waals surface area contributed by atoms with Crippen molar-refractivity contribution in [3.05, 3.63) is 24.3 Å². The van der Waals surface area contributed by atoms with Gasteiger partial charge in [-0.2, -0.15) is 0 Å². The number of primary amides is 1. The number of amides is 1. The normalized spacial score (nSPS) is 12.2. The van der Waals surface area contributed by atoms with Gasteiger partial charge in [0.05, 0.1) is 31.4 Å². The van der Waals surface area contributed by atoms with Crippen LogP contribution in [0.1, 0.15) is 20.3 Å². The molecule has 1 atom stereocenters. The van der Waals surface area contributed by atoms with Gasteiger partial charge in [0.15, 0.2) is 0 Å². The van der Waals surface area contributed by atoms with Crippen molar-refractivity contribution in [2.24, 2.45) is 11.7 Å². The average molecular weight is 280 g/mol. The fraction of sp³-hybridized carbons (Fsp3) is 0.533. The largest absolute Gasteiger partial charge is 0.491 e. The van der Waals surface area contributed by atoms with Crippen molar-refractivity contribution in [2.45, 2.75) is 26.3 Å². The molecular formula is C15H24N2O3. The number of para-hydroxylation sites is 2. The van der Waals surface area contributed by atoms with E-state index in [4.69, 9.17) is 15.2 Å². The number of rotatable bonds is 9. The van der Waals surface area contributed by atoms with E-state index in [0.29, 0.717) is 12.5 Å². The number of hydrogen-bond acceptors (Lipinski definition) is 4. The zero-order valence-electron chi connectivity index (χ0n) is 12.4. The zero-order valence-corrected chi connectivity index (χ0v) is 12.4. The highest BCUT2D eigenvalue weighted by Gasteiger charge is 2.15. The summed E-state index contributed by atoms with van der Waals surface area (Å²) in [7, 11) is 1.69. The van der Waals surface area contributed by atoms with Gasteiger partial charge in [-0.3, -0.25) is 4.79 Å². The summed E-state index contributed by atoms with van der Waals surface area (Å²) in [5.41, 5.74) is 6.00. The molecule has 5 heteroatoms. The van der Waals surface area contributed by atoms with E-state index in [1.54, 1.807) is 7.11 Å². The maximum atomic E-state index is 10.7. The molecule has 0 heterocycles. The molecule has 3 N–H and O–H groups in total. The average Bonchev–Trinajstić information content (AvgIpc) is 2.39. The van der Waals surface area contributed by atoms with E-state index in [2.05, 4.69) is 19.2 Å². The van der Waals surface area contributed by atoms with Gasteiger partial charge in [0, 0.05) is 7.11 Å². The van der Waals surface area contributed by atoms with Crippen LogP contribution >= 0.6 is 0 Å². The fourth-order valence-electron chi connectivity index (χ4n) is 1.75. The predicted molar refractivity (Wildman–Crippen MR) is 79.9 cm³/mol. The highest BCUT2D eigenvalue weighted by atomic mass is 16.5. The lowest BCUT2D eigenvalue weighted by Crippen LogP contribution is -2.30. The number of nitrogens with one attached hydrogen (secondary N) is 1. The molecule has 0 saturated carbocycles. The Morgan fingerprint density at radius 2 is 2.05 bits per heavy atom. The lowest BCUT2D eigenvalue weighted by Gasteiger charge is -2.24. The minimum Gasteiger partial charge on any atom is -0.491 e. The third kappa shape index (κ3) is 5.48. The Hall–Kier alpha value is -1.75. The summed E-state index contributed by atoms with van der Waals surface area (Å²) < 4.78 is 10.8. The molecule has 1 aromatic carbocycles. The van der Waals surface area contributed by atoms with Crippen LogP contribution in [0.3, 0.4) is 0 Å². The van der Waals surface area contributed by atoms with Crippen LogP contribution in [0.4, 0.5) is 5.69 Å². The predicted octanol–water partition coefficient (Wildman–Crippen LogP) is 2.02. The molecule has 20 heavy (non-hydrogen) atoms. The number of anilines is 1. The molecular weight excluding hydrogens is 256 g/mol. The first-order valence-electron chi connectivity index (χ1n) is 6.80. The van der Waals surface area contributed by atoms with Crippen LogP contribution in [0, 0.1) is 5.92 Å². The van der Waals surface area contributed by atoms with Gasteiger partial charge in [-0.25, -0.2) is 0 Å². The second kappa shape index (κ2) is 8.43. The van der Waals surface area contributed by atoms with Crippen molar-refractivity contribution in [1.82, 2.24) is 0 Å². The van der Waals surface area contributed by atoms with E-state index in [9.17, 15) is 4.79 Å². The molecule has 0 aliphatic rings. The SMILES string of the molecule is COCC(Nc1ccccc1OCCC(N)=O)C(C)C. The number of carbonyl (C=O) groups excluding carboxylic acids is 1. The van der Waals surface area contributed by atoms with Crippen LogP contribution < -0.4 is 15.8 Å². The first kappa shape index (κ1) is 16.3. The van der Waals surface area contributed by atoms with Crippen molar-refractivity contribution in [3.8, 4) is 5.75 Å². The first-order valence-corrected chi connectivity index (χ1v) is 6.80. The Morgan fingerprint density at radius 3 is 2.65 bits per heavy atom. The minimum atomic E-state index is -0.366. The topological polar surface area (TPSA) is 73.6 Å². The van der Waals surface area contributed by atoms with Crippen LogP contribution in [0.2, 0.25) is 0 Å². The highest BCUT2D eigenvalue weighted by Crippen LogP contribution is 2.25. The Morgan fingerprint density at radius 1 is 1.35 bits per heavy atom. The molecule has 0 radical (unpaired) electrons. The van der Waals surface area contributed by atoms with Gasteiger partial charge < -0.3 is 20.5 Å². The van der Waals surface area contributed by atoms with E-state index in [1.807, 2.05) is 24.3 Å². The smallest absolute Gasteiger partial charge is 0.220 e. The fourth-order valence-corrected chi connectivity index (χ4v) is 1.75. The number of methoxy groups -OCH3 is 1. The van der Waals surface area contributed by atoms with Gasteiger partial charge in [-0.15, -0.1) is 0 Å². The Balaban J connectivity index is 2.70. The maximum absolute atomic E-state index is 10.7. The molecule has 1 unspecified atom stereocenters. The van der Waals surface area contributed by atoms with Gasteiger partial charge in [0.25, 0.3) is 0 Å². The number of carbonyl (C=O) groups is 1. The Bertz CT molecular complexity index is 421. The summed E-state index contributed by atoms with van der Waals surface area (Å²) in [4.78, 5) is 10.7. The number of ether oxygens (including phenoxy) is 2. The number of hydrogen-bond donors (Lipinski definition) is 2. The van der Waals surface area contributed by atoms with Crippen molar-refractivity contribution in [3.63, 3.8) is 0 Å². The molecule has 5 nitrogen and oxygen atoms in total. The summed E-state index contributed by atoms with van der Waals surface area (Å²) in [5.74, 6) is 0.777. The molecule has 1 aromatic rings. The summed E-state index contributed by atoms with van der Waals surface area (Å²) in [5, 5.41) is 3.42. The molecule has 0 aliphatic carbocycles. The van der Waals surface area contributed by atoms with E-state index in [1.165, 1.54) is 0 Å². The number of benzene rings is 1. The van der Waals surface area contributed by atoms with Gasteiger partial charge in [-0.05, 0) is 18.1 Å². The molecule has 1 amide bonds. The lowest BCUT2D eigenvalue weighted by molar-refractivity contribution is -0.118. The van der Waals surface area contributed by atoms with Gasteiger partial charge in [-0.1, -0.05) is 26.0 Å². The molecule has 0 fully saturated rings. The molecule has 1 rings (SSSR count). The van der Waals surface area contributed by atoms with Crippen LogP contribution in [-0.2, 0) is 9.53 Å². The second-order valence-electron chi connectivity index (χ2n) is 5.01. The quantitative estimate of drug-likeness (QED) is 0.726. The zero-order chi connectivity index (χ0) is 15.0. The van der Waals surface area contributed by atoms with Gasteiger partial charge >= 0.3 is 0 Å². The monoisotopic (exact) mass is 280 g/mol. The molecule has 112 valence electrons.